The fourth-order valence-corrected chi connectivity index (χ4v) is 2.87. The Balaban J connectivity index is 1.78. The molecule has 0 fully saturated rings. The van der Waals surface area contributed by atoms with Crippen molar-refractivity contribution in [1.29, 1.82) is 5.26 Å². The lowest BCUT2D eigenvalue weighted by Gasteiger charge is -2.13. The highest BCUT2D eigenvalue weighted by Gasteiger charge is 2.13. The van der Waals surface area contributed by atoms with Gasteiger partial charge in [0.1, 0.15) is 11.9 Å². The Morgan fingerprint density at radius 2 is 2.23 bits per heavy atom. The predicted octanol–water partition coefficient (Wildman–Crippen LogP) is 2.85. The Labute approximate surface area is 134 Å². The first-order valence-corrected chi connectivity index (χ1v) is 8.44. The quantitative estimate of drug-likeness (QED) is 0.823. The fourth-order valence-electron chi connectivity index (χ4n) is 2.17. The number of H-pyrrole nitrogens is 1. The molecule has 1 atom stereocenters. The van der Waals surface area contributed by atoms with Crippen LogP contribution in [-0.4, -0.2) is 27.7 Å². The number of thioether (sulfide) groups is 1. The van der Waals surface area contributed by atoms with Crippen molar-refractivity contribution in [2.45, 2.75) is 32.1 Å². The van der Waals surface area contributed by atoms with Gasteiger partial charge in [-0.25, -0.2) is 4.98 Å². The van der Waals surface area contributed by atoms with E-state index in [0.29, 0.717) is 23.8 Å². The van der Waals surface area contributed by atoms with Gasteiger partial charge in [-0.3, -0.25) is 4.79 Å². The molecule has 5 nitrogen and oxygen atoms in total. The molecule has 1 unspecified atom stereocenters. The normalized spacial score (nSPS) is 12.3. The van der Waals surface area contributed by atoms with Crippen molar-refractivity contribution in [3.8, 4) is 6.07 Å². The van der Waals surface area contributed by atoms with E-state index in [4.69, 9.17) is 5.26 Å². The maximum absolute atomic E-state index is 11.8. The Morgan fingerprint density at radius 3 is 2.91 bits per heavy atom. The van der Waals surface area contributed by atoms with E-state index in [0.717, 1.165) is 16.9 Å². The second-order valence-corrected chi connectivity index (χ2v) is 6.56. The third kappa shape index (κ3) is 4.78. The Kier molecular flexibility index (Phi) is 5.84. The summed E-state index contributed by atoms with van der Waals surface area (Å²) in [5.41, 5.74) is 1.94. The first-order valence-electron chi connectivity index (χ1n) is 7.29. The molecule has 0 aliphatic rings. The van der Waals surface area contributed by atoms with E-state index in [1.165, 1.54) is 11.8 Å². The number of hydrogen-bond donors (Lipinski definition) is 2. The number of imidazole rings is 1. The Bertz CT molecular complexity index is 641. The zero-order valence-corrected chi connectivity index (χ0v) is 13.6. The highest BCUT2D eigenvalue weighted by molar-refractivity contribution is 7.99. The molecule has 0 aliphatic carbocycles. The van der Waals surface area contributed by atoms with E-state index in [9.17, 15) is 4.79 Å². The number of carbonyl (C=O) groups excluding carboxylic acids is 1. The van der Waals surface area contributed by atoms with Crippen LogP contribution in [-0.2, 0) is 10.5 Å². The minimum Gasteiger partial charge on any atom is -0.341 e. The van der Waals surface area contributed by atoms with E-state index < -0.39 is 6.04 Å². The molecule has 2 rings (SSSR count). The second-order valence-electron chi connectivity index (χ2n) is 5.57. The largest absolute Gasteiger partial charge is 0.341 e. The van der Waals surface area contributed by atoms with Crippen LogP contribution in [0.5, 0.6) is 0 Å². The average Bonchev–Trinajstić information content (AvgIpc) is 2.88. The molecule has 1 aromatic heterocycles. The summed E-state index contributed by atoms with van der Waals surface area (Å²) in [7, 11) is 0. The summed E-state index contributed by atoms with van der Waals surface area (Å²) in [6.07, 6.45) is 0.677. The van der Waals surface area contributed by atoms with Gasteiger partial charge in [0.15, 0.2) is 0 Å². The summed E-state index contributed by atoms with van der Waals surface area (Å²) in [5.74, 6) is 2.11. The topological polar surface area (TPSA) is 81.6 Å². The summed E-state index contributed by atoms with van der Waals surface area (Å²) in [6, 6.07) is 9.57. The average molecular weight is 316 g/mol. The van der Waals surface area contributed by atoms with Gasteiger partial charge in [0, 0.05) is 0 Å². The monoisotopic (exact) mass is 316 g/mol. The molecule has 0 aliphatic heterocycles. The third-order valence-corrected chi connectivity index (χ3v) is 4.05. The molecule has 6 heteroatoms. The molecule has 1 heterocycles. The van der Waals surface area contributed by atoms with Crippen LogP contribution in [0.2, 0.25) is 0 Å². The van der Waals surface area contributed by atoms with Crippen molar-refractivity contribution in [2.24, 2.45) is 5.92 Å². The van der Waals surface area contributed by atoms with Gasteiger partial charge in [-0.2, -0.15) is 5.26 Å². The highest BCUT2D eigenvalue weighted by atomic mass is 32.2. The molecule has 0 spiro atoms. The van der Waals surface area contributed by atoms with E-state index in [-0.39, 0.29) is 5.91 Å². The van der Waals surface area contributed by atoms with E-state index in [2.05, 4.69) is 21.4 Å². The number of carbonyl (C=O) groups is 1. The SMILES string of the molecule is CC(C)CC(C#N)NC(=O)CSCc1nc2ccccc2[nH]1. The van der Waals surface area contributed by atoms with Gasteiger partial charge in [0.25, 0.3) is 0 Å². The number of para-hydroxylation sites is 2. The molecular formula is C16H20N4OS. The fraction of sp³-hybridized carbons (Fsp3) is 0.438. The molecule has 0 bridgehead atoms. The molecule has 2 N–H and O–H groups in total. The van der Waals surface area contributed by atoms with Gasteiger partial charge in [-0.05, 0) is 24.5 Å². The summed E-state index contributed by atoms with van der Waals surface area (Å²) >= 11 is 1.49. The number of benzene rings is 1. The molecule has 0 radical (unpaired) electrons. The first kappa shape index (κ1) is 16.4. The van der Waals surface area contributed by atoms with Crippen LogP contribution < -0.4 is 5.32 Å². The number of nitrogens with one attached hydrogen (secondary N) is 2. The summed E-state index contributed by atoms with van der Waals surface area (Å²) < 4.78 is 0. The lowest BCUT2D eigenvalue weighted by molar-refractivity contribution is -0.119. The van der Waals surface area contributed by atoms with Crippen LogP contribution in [0.15, 0.2) is 24.3 Å². The smallest absolute Gasteiger partial charge is 0.231 e. The molecule has 1 amide bonds. The lowest BCUT2D eigenvalue weighted by Crippen LogP contribution is -2.35. The van der Waals surface area contributed by atoms with Crippen LogP contribution in [0.25, 0.3) is 11.0 Å². The number of nitriles is 1. The van der Waals surface area contributed by atoms with E-state index >= 15 is 0 Å². The standard InChI is InChI=1S/C16H20N4OS/c1-11(2)7-12(8-17)18-16(21)10-22-9-15-19-13-5-3-4-6-14(13)20-15/h3-6,11-12H,7,9-10H2,1-2H3,(H,18,21)(H,19,20). The van der Waals surface area contributed by atoms with Gasteiger partial charge in [0.05, 0.1) is 28.6 Å². The molecule has 2 aromatic rings. The van der Waals surface area contributed by atoms with Crippen LogP contribution in [0.4, 0.5) is 0 Å². The Hall–Kier alpha value is -2.00. The van der Waals surface area contributed by atoms with Crippen LogP contribution in [0, 0.1) is 17.2 Å². The van der Waals surface area contributed by atoms with E-state index in [1.54, 1.807) is 0 Å². The van der Waals surface area contributed by atoms with Crippen molar-refractivity contribution in [1.82, 2.24) is 15.3 Å². The molecule has 1 aromatic carbocycles. The summed E-state index contributed by atoms with van der Waals surface area (Å²) in [4.78, 5) is 19.5. The van der Waals surface area contributed by atoms with Crippen LogP contribution >= 0.6 is 11.8 Å². The van der Waals surface area contributed by atoms with E-state index in [1.807, 2.05) is 38.1 Å². The number of rotatable bonds is 7. The van der Waals surface area contributed by atoms with Crippen molar-refractivity contribution in [3.63, 3.8) is 0 Å². The lowest BCUT2D eigenvalue weighted by atomic mass is 10.1. The molecular weight excluding hydrogens is 296 g/mol. The maximum atomic E-state index is 11.8. The molecule has 0 saturated carbocycles. The Morgan fingerprint density at radius 1 is 1.45 bits per heavy atom. The highest BCUT2D eigenvalue weighted by Crippen LogP contribution is 2.15. The number of aromatic amines is 1. The van der Waals surface area contributed by atoms with Crippen LogP contribution in [0.1, 0.15) is 26.1 Å². The van der Waals surface area contributed by atoms with Gasteiger partial charge >= 0.3 is 0 Å². The molecule has 116 valence electrons. The zero-order valence-electron chi connectivity index (χ0n) is 12.8. The van der Waals surface area contributed by atoms with Crippen molar-refractivity contribution in [3.05, 3.63) is 30.1 Å². The van der Waals surface area contributed by atoms with Crippen molar-refractivity contribution in [2.75, 3.05) is 5.75 Å². The van der Waals surface area contributed by atoms with Crippen molar-refractivity contribution < 1.29 is 4.79 Å². The first-order chi connectivity index (χ1) is 10.6. The minimum absolute atomic E-state index is 0.103. The second kappa shape index (κ2) is 7.85. The van der Waals surface area contributed by atoms with Gasteiger partial charge in [0.2, 0.25) is 5.91 Å². The number of amides is 1. The number of hydrogen-bond acceptors (Lipinski definition) is 4. The zero-order chi connectivity index (χ0) is 15.9. The third-order valence-electron chi connectivity index (χ3n) is 3.11. The number of aromatic nitrogens is 2. The summed E-state index contributed by atoms with van der Waals surface area (Å²) in [5, 5.41) is 11.8. The minimum atomic E-state index is -0.403. The van der Waals surface area contributed by atoms with Gasteiger partial charge < -0.3 is 10.3 Å². The summed E-state index contributed by atoms with van der Waals surface area (Å²) in [6.45, 7) is 4.07. The predicted molar refractivity (Wildman–Crippen MR) is 89.3 cm³/mol. The van der Waals surface area contributed by atoms with Crippen LogP contribution in [0.3, 0.4) is 0 Å². The molecule has 0 saturated heterocycles. The number of nitrogens with zero attached hydrogens (tertiary/aromatic N) is 2. The van der Waals surface area contributed by atoms with Gasteiger partial charge in [-0.15, -0.1) is 11.8 Å². The number of fused-ring (bicyclic) bond motifs is 1. The molecule has 22 heavy (non-hydrogen) atoms. The van der Waals surface area contributed by atoms with Crippen molar-refractivity contribution >= 4 is 28.7 Å². The van der Waals surface area contributed by atoms with Gasteiger partial charge in [-0.1, -0.05) is 26.0 Å². The maximum Gasteiger partial charge on any atom is 0.231 e.